The van der Waals surface area contributed by atoms with Gasteiger partial charge in [-0.3, -0.25) is 0 Å². The topological polar surface area (TPSA) is 57.1 Å². The van der Waals surface area contributed by atoms with Crippen molar-refractivity contribution in [1.82, 2.24) is 0 Å². The first-order valence-corrected chi connectivity index (χ1v) is 6.65. The molecule has 0 aliphatic heterocycles. The number of nitroso groups, excluding NO2 is 1. The van der Waals surface area contributed by atoms with Crippen molar-refractivity contribution in [3.63, 3.8) is 0 Å². The van der Waals surface area contributed by atoms with Crippen LogP contribution in [0.5, 0.6) is 23.0 Å². The Hall–Kier alpha value is -2.56. The van der Waals surface area contributed by atoms with Crippen molar-refractivity contribution in [2.45, 2.75) is 6.42 Å². The molecule has 0 unspecified atom stereocenters. The van der Waals surface area contributed by atoms with Crippen LogP contribution in [0.25, 0.3) is 0 Å². The van der Waals surface area contributed by atoms with Crippen LogP contribution in [-0.4, -0.2) is 20.3 Å². The van der Waals surface area contributed by atoms with Gasteiger partial charge in [0.2, 0.25) is 0 Å². The molecule has 0 aromatic heterocycles. The van der Waals surface area contributed by atoms with Gasteiger partial charge in [0.1, 0.15) is 23.0 Å². The zero-order valence-electron chi connectivity index (χ0n) is 11.8. The van der Waals surface area contributed by atoms with Gasteiger partial charge in [0.05, 0.1) is 20.3 Å². The molecule has 0 bridgehead atoms. The van der Waals surface area contributed by atoms with Gasteiger partial charge in [-0.1, -0.05) is 5.18 Å². The fourth-order valence-corrected chi connectivity index (χ4v) is 1.70. The summed E-state index contributed by atoms with van der Waals surface area (Å²) in [5.41, 5.74) is 0. The SMILES string of the molecule is COc1ccc(Oc2ccc(OCCCN=O)cc2)cc1. The van der Waals surface area contributed by atoms with Crippen LogP contribution in [0.3, 0.4) is 0 Å². The Morgan fingerprint density at radius 1 is 0.857 bits per heavy atom. The third kappa shape index (κ3) is 4.80. The fraction of sp³-hybridized carbons (Fsp3) is 0.250. The summed E-state index contributed by atoms with van der Waals surface area (Å²) in [6.45, 7) is 0.753. The fourth-order valence-electron chi connectivity index (χ4n) is 1.70. The molecule has 2 rings (SSSR count). The van der Waals surface area contributed by atoms with Gasteiger partial charge in [0, 0.05) is 6.42 Å². The Labute approximate surface area is 123 Å². The summed E-state index contributed by atoms with van der Waals surface area (Å²) >= 11 is 0. The summed E-state index contributed by atoms with van der Waals surface area (Å²) in [5, 5.41) is 2.78. The summed E-state index contributed by atoms with van der Waals surface area (Å²) in [6, 6.07) is 14.7. The van der Waals surface area contributed by atoms with Crippen molar-refractivity contribution in [3.05, 3.63) is 53.4 Å². The Morgan fingerprint density at radius 2 is 1.38 bits per heavy atom. The monoisotopic (exact) mass is 287 g/mol. The predicted molar refractivity (Wildman–Crippen MR) is 80.3 cm³/mol. The first-order chi connectivity index (χ1) is 10.3. The molecular formula is C16H17NO4. The van der Waals surface area contributed by atoms with E-state index in [0.717, 1.165) is 23.0 Å². The van der Waals surface area contributed by atoms with Crippen LogP contribution in [0, 0.1) is 4.91 Å². The van der Waals surface area contributed by atoms with E-state index in [-0.39, 0.29) is 6.54 Å². The number of hydrogen-bond acceptors (Lipinski definition) is 5. The van der Waals surface area contributed by atoms with Crippen LogP contribution in [0.15, 0.2) is 53.7 Å². The standard InChI is InChI=1S/C16H17NO4/c1-19-13-3-7-15(8-4-13)21-16-9-5-14(6-10-16)20-12-2-11-17-18/h3-10H,2,11-12H2,1H3. The minimum absolute atomic E-state index is 0.276. The van der Waals surface area contributed by atoms with Crippen molar-refractivity contribution >= 4 is 0 Å². The van der Waals surface area contributed by atoms with Crippen molar-refractivity contribution in [2.75, 3.05) is 20.3 Å². The molecule has 0 saturated heterocycles. The number of rotatable bonds is 8. The minimum Gasteiger partial charge on any atom is -0.497 e. The van der Waals surface area contributed by atoms with Crippen LogP contribution >= 0.6 is 0 Å². The van der Waals surface area contributed by atoms with Gasteiger partial charge in [-0.15, -0.1) is 0 Å². The van der Waals surface area contributed by atoms with Crippen molar-refractivity contribution in [3.8, 4) is 23.0 Å². The average molecular weight is 287 g/mol. The highest BCUT2D eigenvalue weighted by molar-refractivity contribution is 5.37. The maximum Gasteiger partial charge on any atom is 0.127 e. The van der Waals surface area contributed by atoms with E-state index in [1.807, 2.05) is 48.5 Å². The van der Waals surface area contributed by atoms with Crippen LogP contribution in [0.4, 0.5) is 0 Å². The molecule has 21 heavy (non-hydrogen) atoms. The third-order valence-electron chi connectivity index (χ3n) is 2.78. The molecule has 0 saturated carbocycles. The molecule has 0 amide bonds. The Balaban J connectivity index is 1.87. The molecule has 0 N–H and O–H groups in total. The summed E-state index contributed by atoms with van der Waals surface area (Å²) in [7, 11) is 1.62. The molecule has 0 heterocycles. The van der Waals surface area contributed by atoms with Crippen molar-refractivity contribution in [2.24, 2.45) is 5.18 Å². The van der Waals surface area contributed by atoms with E-state index in [4.69, 9.17) is 14.2 Å². The maximum absolute atomic E-state index is 9.94. The van der Waals surface area contributed by atoms with Crippen molar-refractivity contribution < 1.29 is 14.2 Å². The van der Waals surface area contributed by atoms with Gasteiger partial charge in [-0.25, -0.2) is 0 Å². The lowest BCUT2D eigenvalue weighted by molar-refractivity contribution is 0.313. The molecule has 2 aromatic carbocycles. The molecule has 0 fully saturated rings. The largest absolute Gasteiger partial charge is 0.497 e. The highest BCUT2D eigenvalue weighted by atomic mass is 16.5. The molecule has 2 aromatic rings. The summed E-state index contributed by atoms with van der Waals surface area (Å²) in [4.78, 5) is 9.94. The van der Waals surface area contributed by atoms with Crippen LogP contribution in [0.1, 0.15) is 6.42 Å². The highest BCUT2D eigenvalue weighted by Crippen LogP contribution is 2.25. The Kier molecular flexibility index (Phi) is 5.58. The summed E-state index contributed by atoms with van der Waals surface area (Å²) < 4.78 is 16.3. The molecule has 5 nitrogen and oxygen atoms in total. The van der Waals surface area contributed by atoms with E-state index in [2.05, 4.69) is 5.18 Å². The van der Waals surface area contributed by atoms with Gasteiger partial charge in [0.25, 0.3) is 0 Å². The van der Waals surface area contributed by atoms with Gasteiger partial charge in [-0.2, -0.15) is 4.91 Å². The molecule has 0 radical (unpaired) electrons. The second kappa shape index (κ2) is 7.89. The third-order valence-corrected chi connectivity index (χ3v) is 2.78. The van der Waals surface area contributed by atoms with E-state index < -0.39 is 0 Å². The van der Waals surface area contributed by atoms with Gasteiger partial charge >= 0.3 is 0 Å². The quantitative estimate of drug-likeness (QED) is 0.543. The lowest BCUT2D eigenvalue weighted by Gasteiger charge is -2.08. The number of ether oxygens (including phenoxy) is 3. The van der Waals surface area contributed by atoms with Crippen LogP contribution in [-0.2, 0) is 0 Å². The number of methoxy groups -OCH3 is 1. The number of benzene rings is 2. The van der Waals surface area contributed by atoms with E-state index in [1.54, 1.807) is 7.11 Å². The lowest BCUT2D eigenvalue weighted by atomic mass is 10.3. The molecule has 5 heteroatoms. The molecule has 0 aliphatic carbocycles. The van der Waals surface area contributed by atoms with Crippen LogP contribution < -0.4 is 14.2 Å². The van der Waals surface area contributed by atoms with Crippen LogP contribution in [0.2, 0.25) is 0 Å². The average Bonchev–Trinajstić information content (AvgIpc) is 2.54. The summed E-state index contributed by atoms with van der Waals surface area (Å²) in [5.74, 6) is 2.99. The van der Waals surface area contributed by atoms with Crippen molar-refractivity contribution in [1.29, 1.82) is 0 Å². The molecule has 0 aliphatic rings. The zero-order chi connectivity index (χ0) is 14.9. The van der Waals surface area contributed by atoms with Gasteiger partial charge in [-0.05, 0) is 48.5 Å². The smallest absolute Gasteiger partial charge is 0.127 e. The first-order valence-electron chi connectivity index (χ1n) is 6.65. The Morgan fingerprint density at radius 3 is 1.90 bits per heavy atom. The molecule has 0 atom stereocenters. The molecule has 0 spiro atoms. The number of hydrogen-bond donors (Lipinski definition) is 0. The van der Waals surface area contributed by atoms with E-state index in [1.165, 1.54) is 0 Å². The molecular weight excluding hydrogens is 270 g/mol. The second-order valence-electron chi connectivity index (χ2n) is 4.30. The number of nitrogens with zero attached hydrogens (tertiary/aromatic N) is 1. The second-order valence-corrected chi connectivity index (χ2v) is 4.30. The minimum atomic E-state index is 0.276. The maximum atomic E-state index is 9.94. The summed E-state index contributed by atoms with van der Waals surface area (Å²) in [6.07, 6.45) is 0.619. The zero-order valence-corrected chi connectivity index (χ0v) is 11.8. The predicted octanol–water partition coefficient (Wildman–Crippen LogP) is 4.02. The Bertz CT molecular complexity index is 551. The first kappa shape index (κ1) is 14.8. The lowest BCUT2D eigenvalue weighted by Crippen LogP contribution is -1.98. The van der Waals surface area contributed by atoms with E-state index >= 15 is 0 Å². The van der Waals surface area contributed by atoms with Gasteiger partial charge < -0.3 is 14.2 Å². The van der Waals surface area contributed by atoms with E-state index in [9.17, 15) is 4.91 Å². The highest BCUT2D eigenvalue weighted by Gasteiger charge is 1.99. The molecule has 110 valence electrons. The normalized spacial score (nSPS) is 9.95. The van der Waals surface area contributed by atoms with E-state index in [0.29, 0.717) is 13.0 Å². The van der Waals surface area contributed by atoms with Gasteiger partial charge in [0.15, 0.2) is 0 Å².